The van der Waals surface area contributed by atoms with Gasteiger partial charge in [0.2, 0.25) is 17.7 Å². The number of carbonyl (C=O) groups excluding carboxylic acids is 3. The topological polar surface area (TPSA) is 95.7 Å². The molecule has 42 heavy (non-hydrogen) atoms. The molecule has 0 unspecified atom stereocenters. The quantitative estimate of drug-likeness (QED) is 0.312. The highest BCUT2D eigenvalue weighted by atomic mass is 16.2. The van der Waals surface area contributed by atoms with Crippen LogP contribution < -0.4 is 11.1 Å². The summed E-state index contributed by atoms with van der Waals surface area (Å²) >= 11 is 0. The summed E-state index contributed by atoms with van der Waals surface area (Å²) in [6.07, 6.45) is 2.74. The van der Waals surface area contributed by atoms with Gasteiger partial charge in [0.05, 0.1) is 0 Å². The van der Waals surface area contributed by atoms with E-state index in [-0.39, 0.29) is 17.7 Å². The van der Waals surface area contributed by atoms with E-state index in [4.69, 9.17) is 5.73 Å². The normalized spacial score (nSPS) is 13.2. The molecule has 2 atom stereocenters. The molecule has 3 amide bonds. The van der Waals surface area contributed by atoms with E-state index in [1.165, 1.54) is 9.80 Å². The van der Waals surface area contributed by atoms with Gasteiger partial charge >= 0.3 is 0 Å². The number of hydrogen-bond donors (Lipinski definition) is 2. The molecular formula is C35H44N4O3. The third-order valence-electron chi connectivity index (χ3n) is 7.33. The van der Waals surface area contributed by atoms with Crippen molar-refractivity contribution in [1.29, 1.82) is 0 Å². The number of benzene rings is 3. The van der Waals surface area contributed by atoms with Crippen LogP contribution in [-0.4, -0.2) is 66.3 Å². The van der Waals surface area contributed by atoms with Crippen molar-refractivity contribution in [3.8, 4) is 11.1 Å². The number of amides is 3. The Morgan fingerprint density at radius 1 is 0.786 bits per heavy atom. The molecule has 3 aromatic rings. The van der Waals surface area contributed by atoms with Gasteiger partial charge in [-0.2, -0.15) is 0 Å². The Labute approximate surface area is 250 Å². The molecule has 0 saturated carbocycles. The van der Waals surface area contributed by atoms with Crippen LogP contribution in [0.3, 0.4) is 0 Å². The van der Waals surface area contributed by atoms with Crippen molar-refractivity contribution in [3.05, 3.63) is 108 Å². The minimum absolute atomic E-state index is 0.268. The maximum atomic E-state index is 14.2. The monoisotopic (exact) mass is 568 g/mol. The molecule has 0 radical (unpaired) electrons. The third-order valence-corrected chi connectivity index (χ3v) is 7.33. The van der Waals surface area contributed by atoms with Crippen molar-refractivity contribution >= 4 is 17.7 Å². The van der Waals surface area contributed by atoms with Crippen molar-refractivity contribution in [1.82, 2.24) is 15.1 Å². The van der Waals surface area contributed by atoms with E-state index in [9.17, 15) is 14.4 Å². The van der Waals surface area contributed by atoms with Crippen molar-refractivity contribution < 1.29 is 14.4 Å². The number of nitrogens with one attached hydrogen (secondary N) is 1. The van der Waals surface area contributed by atoms with Crippen LogP contribution in [0.25, 0.3) is 11.1 Å². The Balaban J connectivity index is 1.93. The predicted octanol–water partition coefficient (Wildman–Crippen LogP) is 4.61. The van der Waals surface area contributed by atoms with Crippen molar-refractivity contribution in [2.24, 2.45) is 5.73 Å². The third kappa shape index (κ3) is 9.14. The molecule has 7 nitrogen and oxygen atoms in total. The zero-order chi connectivity index (χ0) is 30.9. The maximum absolute atomic E-state index is 14.2. The van der Waals surface area contributed by atoms with Gasteiger partial charge in [-0.3, -0.25) is 14.4 Å². The minimum Gasteiger partial charge on any atom is -0.357 e. The highest BCUT2D eigenvalue weighted by Gasteiger charge is 2.34. The molecule has 3 rings (SSSR count). The molecule has 0 saturated heterocycles. The Morgan fingerprint density at radius 3 is 1.83 bits per heavy atom. The molecule has 0 spiro atoms. The largest absolute Gasteiger partial charge is 0.357 e. The molecule has 222 valence electrons. The number of hydrogen-bond acceptors (Lipinski definition) is 4. The average molecular weight is 569 g/mol. The Kier molecular flexibility index (Phi) is 11.2. The summed E-state index contributed by atoms with van der Waals surface area (Å²) in [6.45, 7) is 5.68. The van der Waals surface area contributed by atoms with Gasteiger partial charge in [0.15, 0.2) is 0 Å². The SMILES string of the molecule is CNC(=O)[C@H](Cc1ccccc1)N(C)C(=O)[C@H](Cc1ccc(-c2ccccc2)cc1)N(C)C(=O)/C=C(\C)CC(C)(C)N. The second kappa shape index (κ2) is 14.6. The molecule has 0 bridgehead atoms. The van der Waals surface area contributed by atoms with Gasteiger partial charge < -0.3 is 20.9 Å². The lowest BCUT2D eigenvalue weighted by Gasteiger charge is -2.34. The minimum atomic E-state index is -0.831. The standard InChI is InChI=1S/C35H44N4O3/c1-25(24-35(2,3)36)21-32(40)38(5)31(23-27-17-19-29(20-18-27)28-15-11-8-12-16-28)34(42)39(6)30(33(41)37-4)22-26-13-9-7-10-14-26/h7-21,30-31H,22-24,36H2,1-6H3,(H,37,41)/b25-21+/t30-,31-/m0/s1. The van der Waals surface area contributed by atoms with Crippen LogP contribution in [0.1, 0.15) is 38.3 Å². The number of carbonyl (C=O) groups is 3. The zero-order valence-corrected chi connectivity index (χ0v) is 25.6. The highest BCUT2D eigenvalue weighted by molar-refractivity contribution is 5.95. The van der Waals surface area contributed by atoms with Gasteiger partial charge in [-0.05, 0) is 49.4 Å². The molecule has 0 aliphatic carbocycles. The Bertz CT molecular complexity index is 1360. The van der Waals surface area contributed by atoms with E-state index in [1.54, 1.807) is 27.2 Å². The fourth-order valence-electron chi connectivity index (χ4n) is 5.11. The van der Waals surface area contributed by atoms with E-state index in [0.717, 1.165) is 27.8 Å². The summed E-state index contributed by atoms with van der Waals surface area (Å²) in [5.41, 5.74) is 10.5. The van der Waals surface area contributed by atoms with Crippen molar-refractivity contribution in [3.63, 3.8) is 0 Å². The number of likely N-dealkylation sites (N-methyl/N-ethyl adjacent to an activating group) is 3. The Hall–Kier alpha value is -4.23. The lowest BCUT2D eigenvalue weighted by Crippen LogP contribution is -2.55. The van der Waals surface area contributed by atoms with E-state index in [0.29, 0.717) is 19.3 Å². The molecule has 0 heterocycles. The van der Waals surface area contributed by atoms with Gasteiger partial charge in [0.25, 0.3) is 0 Å². The predicted molar refractivity (Wildman–Crippen MR) is 170 cm³/mol. The number of nitrogens with two attached hydrogens (primary N) is 1. The molecule has 0 fully saturated rings. The van der Waals surface area contributed by atoms with Gasteiger partial charge in [-0.1, -0.05) is 90.5 Å². The average Bonchev–Trinajstić information content (AvgIpc) is 2.97. The summed E-state index contributed by atoms with van der Waals surface area (Å²) in [4.78, 5) is 43.5. The fraction of sp³-hybridized carbons (Fsp3) is 0.343. The highest BCUT2D eigenvalue weighted by Crippen LogP contribution is 2.22. The van der Waals surface area contributed by atoms with E-state index in [1.807, 2.05) is 106 Å². The van der Waals surface area contributed by atoms with Gasteiger partial charge in [0, 0.05) is 45.6 Å². The smallest absolute Gasteiger partial charge is 0.246 e. The van der Waals surface area contributed by atoms with Crippen LogP contribution in [0, 0.1) is 0 Å². The Morgan fingerprint density at radius 2 is 1.29 bits per heavy atom. The molecular weight excluding hydrogens is 524 g/mol. The van der Waals surface area contributed by atoms with E-state index < -0.39 is 17.6 Å². The summed E-state index contributed by atoms with van der Waals surface area (Å²) in [5, 5.41) is 2.70. The van der Waals surface area contributed by atoms with Crippen LogP contribution >= 0.6 is 0 Å². The lowest BCUT2D eigenvalue weighted by molar-refractivity contribution is -0.146. The molecule has 3 N–H and O–H groups in total. The zero-order valence-electron chi connectivity index (χ0n) is 25.6. The first-order chi connectivity index (χ1) is 19.9. The second-order valence-electron chi connectivity index (χ2n) is 11.7. The van der Waals surface area contributed by atoms with Gasteiger partial charge in [-0.25, -0.2) is 0 Å². The van der Waals surface area contributed by atoms with E-state index in [2.05, 4.69) is 5.32 Å². The molecule has 0 aliphatic heterocycles. The summed E-state index contributed by atoms with van der Waals surface area (Å²) in [6, 6.07) is 26.1. The maximum Gasteiger partial charge on any atom is 0.246 e. The molecule has 0 aliphatic rings. The summed E-state index contributed by atoms with van der Waals surface area (Å²) in [7, 11) is 4.83. The summed E-state index contributed by atoms with van der Waals surface area (Å²) in [5.74, 6) is -0.868. The molecule has 7 heteroatoms. The lowest BCUT2D eigenvalue weighted by atomic mass is 9.96. The van der Waals surface area contributed by atoms with Crippen LogP contribution in [-0.2, 0) is 27.2 Å². The number of rotatable bonds is 12. The van der Waals surface area contributed by atoms with Crippen LogP contribution in [0.15, 0.2) is 96.6 Å². The first-order valence-electron chi connectivity index (χ1n) is 14.3. The molecule has 3 aromatic carbocycles. The van der Waals surface area contributed by atoms with Crippen LogP contribution in [0.5, 0.6) is 0 Å². The van der Waals surface area contributed by atoms with Crippen molar-refractivity contribution in [2.45, 2.75) is 57.7 Å². The van der Waals surface area contributed by atoms with E-state index >= 15 is 0 Å². The first-order valence-corrected chi connectivity index (χ1v) is 14.3. The fourth-order valence-corrected chi connectivity index (χ4v) is 5.11. The van der Waals surface area contributed by atoms with Crippen LogP contribution in [0.2, 0.25) is 0 Å². The van der Waals surface area contributed by atoms with Crippen molar-refractivity contribution in [2.75, 3.05) is 21.1 Å². The summed E-state index contributed by atoms with van der Waals surface area (Å²) < 4.78 is 0. The second-order valence-corrected chi connectivity index (χ2v) is 11.7. The van der Waals surface area contributed by atoms with Gasteiger partial charge in [0.1, 0.15) is 12.1 Å². The number of nitrogens with zero attached hydrogens (tertiary/aromatic N) is 2. The molecule has 0 aromatic heterocycles. The first kappa shape index (κ1) is 32.3. The van der Waals surface area contributed by atoms with Gasteiger partial charge in [-0.15, -0.1) is 0 Å². The van der Waals surface area contributed by atoms with Crippen LogP contribution in [0.4, 0.5) is 0 Å².